The van der Waals surface area contributed by atoms with Crippen molar-refractivity contribution in [2.45, 2.75) is 26.2 Å². The highest BCUT2D eigenvalue weighted by molar-refractivity contribution is 5.76. The number of ether oxygens (including phenoxy) is 2. The molecule has 23 heavy (non-hydrogen) atoms. The van der Waals surface area contributed by atoms with E-state index in [-0.39, 0.29) is 5.91 Å². The lowest BCUT2D eigenvalue weighted by Gasteiger charge is -2.10. The lowest BCUT2D eigenvalue weighted by atomic mass is 10.1. The van der Waals surface area contributed by atoms with E-state index in [9.17, 15) is 4.79 Å². The van der Waals surface area contributed by atoms with Crippen molar-refractivity contribution in [3.05, 3.63) is 35.5 Å². The van der Waals surface area contributed by atoms with E-state index in [4.69, 9.17) is 13.9 Å². The molecule has 0 aliphatic rings. The van der Waals surface area contributed by atoms with Crippen LogP contribution >= 0.6 is 0 Å². The molecule has 0 radical (unpaired) electrons. The number of rotatable bonds is 8. The maximum Gasteiger partial charge on any atom is 0.220 e. The molecule has 0 saturated carbocycles. The van der Waals surface area contributed by atoms with E-state index < -0.39 is 0 Å². The number of hydrogen-bond acceptors (Lipinski definition) is 6. The number of aryl methyl sites for hydroxylation is 2. The summed E-state index contributed by atoms with van der Waals surface area (Å²) in [5.41, 5.74) is 1.07. The van der Waals surface area contributed by atoms with Crippen LogP contribution in [-0.4, -0.2) is 36.9 Å². The van der Waals surface area contributed by atoms with Crippen LogP contribution in [-0.2, 0) is 17.6 Å². The van der Waals surface area contributed by atoms with Crippen LogP contribution in [0.25, 0.3) is 0 Å². The third-order valence-electron chi connectivity index (χ3n) is 3.32. The van der Waals surface area contributed by atoms with Gasteiger partial charge in [-0.2, -0.15) is 0 Å². The summed E-state index contributed by atoms with van der Waals surface area (Å²) in [6.45, 7) is 2.27. The Labute approximate surface area is 135 Å². The SMILES string of the molecule is COc1ccc(CCNC(=O)CCc2nnc(C)o2)cc1OC. The first-order chi connectivity index (χ1) is 11.1. The molecule has 0 unspecified atom stereocenters. The third kappa shape index (κ3) is 4.98. The molecule has 0 aliphatic carbocycles. The molecule has 1 heterocycles. The van der Waals surface area contributed by atoms with Crippen molar-refractivity contribution in [1.82, 2.24) is 15.5 Å². The van der Waals surface area contributed by atoms with Crippen molar-refractivity contribution in [2.24, 2.45) is 0 Å². The molecule has 0 saturated heterocycles. The molecule has 0 aliphatic heterocycles. The van der Waals surface area contributed by atoms with Crippen molar-refractivity contribution in [3.63, 3.8) is 0 Å². The summed E-state index contributed by atoms with van der Waals surface area (Å²) in [7, 11) is 3.20. The highest BCUT2D eigenvalue weighted by atomic mass is 16.5. The van der Waals surface area contributed by atoms with Crippen molar-refractivity contribution < 1.29 is 18.7 Å². The van der Waals surface area contributed by atoms with Gasteiger partial charge in [0.1, 0.15) is 0 Å². The number of nitrogens with one attached hydrogen (secondary N) is 1. The van der Waals surface area contributed by atoms with E-state index in [0.717, 1.165) is 5.56 Å². The molecule has 7 heteroatoms. The number of carbonyl (C=O) groups is 1. The molecule has 1 amide bonds. The van der Waals surface area contributed by atoms with E-state index in [1.54, 1.807) is 21.1 Å². The Morgan fingerprint density at radius 3 is 2.61 bits per heavy atom. The molecule has 2 aromatic rings. The maximum atomic E-state index is 11.8. The molecule has 1 N–H and O–H groups in total. The molecular formula is C16H21N3O4. The Morgan fingerprint density at radius 2 is 1.96 bits per heavy atom. The Kier molecular flexibility index (Phi) is 5.96. The molecule has 0 atom stereocenters. The minimum Gasteiger partial charge on any atom is -0.493 e. The van der Waals surface area contributed by atoms with Gasteiger partial charge in [0.2, 0.25) is 17.7 Å². The average molecular weight is 319 g/mol. The van der Waals surface area contributed by atoms with Crippen molar-refractivity contribution in [2.75, 3.05) is 20.8 Å². The number of nitrogens with zero attached hydrogens (tertiary/aromatic N) is 2. The van der Waals surface area contributed by atoms with Crippen LogP contribution < -0.4 is 14.8 Å². The molecule has 1 aromatic heterocycles. The summed E-state index contributed by atoms with van der Waals surface area (Å²) in [4.78, 5) is 11.8. The smallest absolute Gasteiger partial charge is 0.220 e. The van der Waals surface area contributed by atoms with Crippen LogP contribution in [0.3, 0.4) is 0 Å². The van der Waals surface area contributed by atoms with E-state index >= 15 is 0 Å². The normalized spacial score (nSPS) is 10.4. The van der Waals surface area contributed by atoms with Gasteiger partial charge in [-0.05, 0) is 24.1 Å². The molecule has 0 fully saturated rings. The van der Waals surface area contributed by atoms with Crippen LogP contribution in [0.2, 0.25) is 0 Å². The number of benzene rings is 1. The van der Waals surface area contributed by atoms with E-state index in [0.29, 0.717) is 49.1 Å². The minimum absolute atomic E-state index is 0.0404. The Bertz CT molecular complexity index is 655. The summed E-state index contributed by atoms with van der Waals surface area (Å²) >= 11 is 0. The van der Waals surface area contributed by atoms with E-state index in [1.807, 2.05) is 18.2 Å². The highest BCUT2D eigenvalue weighted by Gasteiger charge is 2.08. The molecule has 2 rings (SSSR count). The second-order valence-corrected chi connectivity index (χ2v) is 5.00. The van der Waals surface area contributed by atoms with Crippen LogP contribution in [0.15, 0.2) is 22.6 Å². The molecule has 0 spiro atoms. The highest BCUT2D eigenvalue weighted by Crippen LogP contribution is 2.27. The number of amides is 1. The van der Waals surface area contributed by atoms with Gasteiger partial charge in [-0.15, -0.1) is 10.2 Å². The summed E-state index contributed by atoms with van der Waals surface area (Å²) in [6.07, 6.45) is 1.49. The fourth-order valence-electron chi connectivity index (χ4n) is 2.13. The largest absolute Gasteiger partial charge is 0.493 e. The quantitative estimate of drug-likeness (QED) is 0.797. The topological polar surface area (TPSA) is 86.5 Å². The summed E-state index contributed by atoms with van der Waals surface area (Å²) in [5, 5.41) is 10.5. The standard InChI is InChI=1S/C16H21N3O4/c1-11-18-19-16(23-11)7-6-15(20)17-9-8-12-4-5-13(21-2)14(10-12)22-3/h4-5,10H,6-9H2,1-3H3,(H,17,20). The van der Waals surface area contributed by atoms with Gasteiger partial charge in [0.15, 0.2) is 11.5 Å². The third-order valence-corrected chi connectivity index (χ3v) is 3.32. The van der Waals surface area contributed by atoms with Crippen LogP contribution in [0.1, 0.15) is 23.8 Å². The van der Waals surface area contributed by atoms with Crippen LogP contribution in [0, 0.1) is 6.92 Å². The fraction of sp³-hybridized carbons (Fsp3) is 0.438. The first-order valence-electron chi connectivity index (χ1n) is 7.39. The van der Waals surface area contributed by atoms with Crippen LogP contribution in [0.5, 0.6) is 11.5 Å². The average Bonchev–Trinajstić information content (AvgIpc) is 2.98. The molecule has 124 valence electrons. The minimum atomic E-state index is -0.0404. The summed E-state index contributed by atoms with van der Waals surface area (Å²) in [5.74, 6) is 2.32. The second-order valence-electron chi connectivity index (χ2n) is 5.00. The van der Waals surface area contributed by atoms with Gasteiger partial charge in [-0.25, -0.2) is 0 Å². The van der Waals surface area contributed by atoms with Gasteiger partial charge in [-0.1, -0.05) is 6.07 Å². The fourth-order valence-corrected chi connectivity index (χ4v) is 2.13. The molecular weight excluding hydrogens is 298 g/mol. The molecule has 7 nitrogen and oxygen atoms in total. The zero-order valence-corrected chi connectivity index (χ0v) is 13.6. The zero-order valence-electron chi connectivity index (χ0n) is 13.6. The number of carbonyl (C=O) groups excluding carboxylic acids is 1. The van der Waals surface area contributed by atoms with Gasteiger partial charge < -0.3 is 19.2 Å². The monoisotopic (exact) mass is 319 g/mol. The predicted molar refractivity (Wildman–Crippen MR) is 83.6 cm³/mol. The zero-order chi connectivity index (χ0) is 16.7. The predicted octanol–water partition coefficient (Wildman–Crippen LogP) is 1.69. The van der Waals surface area contributed by atoms with Crippen molar-refractivity contribution in [1.29, 1.82) is 0 Å². The van der Waals surface area contributed by atoms with Gasteiger partial charge in [-0.3, -0.25) is 4.79 Å². The Balaban J connectivity index is 1.74. The second kappa shape index (κ2) is 8.17. The summed E-state index contributed by atoms with van der Waals surface area (Å²) in [6, 6.07) is 5.72. The van der Waals surface area contributed by atoms with Crippen LogP contribution in [0.4, 0.5) is 0 Å². The van der Waals surface area contributed by atoms with Gasteiger partial charge in [0, 0.05) is 26.3 Å². The maximum absolute atomic E-state index is 11.8. The number of hydrogen-bond donors (Lipinski definition) is 1. The lowest BCUT2D eigenvalue weighted by Crippen LogP contribution is -2.25. The van der Waals surface area contributed by atoms with Gasteiger partial charge >= 0.3 is 0 Å². The first-order valence-corrected chi connectivity index (χ1v) is 7.39. The van der Waals surface area contributed by atoms with Crippen molar-refractivity contribution >= 4 is 5.91 Å². The Hall–Kier alpha value is -2.57. The number of aromatic nitrogens is 2. The van der Waals surface area contributed by atoms with E-state index in [1.165, 1.54) is 0 Å². The first kappa shape index (κ1) is 16.8. The lowest BCUT2D eigenvalue weighted by molar-refractivity contribution is -0.121. The summed E-state index contributed by atoms with van der Waals surface area (Å²) < 4.78 is 15.7. The Morgan fingerprint density at radius 1 is 1.17 bits per heavy atom. The van der Waals surface area contributed by atoms with Gasteiger partial charge in [0.25, 0.3) is 0 Å². The molecule has 1 aromatic carbocycles. The number of methoxy groups -OCH3 is 2. The van der Waals surface area contributed by atoms with E-state index in [2.05, 4.69) is 15.5 Å². The molecule has 0 bridgehead atoms. The van der Waals surface area contributed by atoms with Crippen molar-refractivity contribution in [3.8, 4) is 11.5 Å². The van der Waals surface area contributed by atoms with Gasteiger partial charge in [0.05, 0.1) is 14.2 Å².